The third-order valence-electron chi connectivity index (χ3n) is 4.96. The van der Waals surface area contributed by atoms with Crippen LogP contribution in [0.15, 0.2) is 0 Å². The molecule has 0 aromatic rings. The van der Waals surface area contributed by atoms with Crippen LogP contribution in [0.3, 0.4) is 0 Å². The lowest BCUT2D eigenvalue weighted by atomic mass is 9.92. The molecule has 114 valence electrons. The number of carbonyl (C=O) groups excluding carboxylic acids is 1. The van der Waals surface area contributed by atoms with Crippen LogP contribution in [0.25, 0.3) is 0 Å². The summed E-state index contributed by atoms with van der Waals surface area (Å²) in [5, 5.41) is 18.6. The first-order chi connectivity index (χ1) is 9.56. The molecule has 0 aromatic heterocycles. The Morgan fingerprint density at radius 1 is 1.20 bits per heavy atom. The maximum atomic E-state index is 12.6. The fraction of sp³-hybridized carbons (Fsp3) is 0.867. The van der Waals surface area contributed by atoms with Gasteiger partial charge in [-0.3, -0.25) is 9.59 Å². The SMILES string of the molecule is CCC1CC(C(=O)O)C(C(=O)N2CCCC(CO)C2)C1. The average Bonchev–Trinajstić information content (AvgIpc) is 2.91. The number of nitrogens with zero attached hydrogens (tertiary/aromatic N) is 1. The van der Waals surface area contributed by atoms with Crippen molar-refractivity contribution >= 4 is 11.9 Å². The van der Waals surface area contributed by atoms with Gasteiger partial charge in [0.15, 0.2) is 0 Å². The van der Waals surface area contributed by atoms with E-state index in [1.165, 1.54) is 0 Å². The van der Waals surface area contributed by atoms with Crippen molar-refractivity contribution in [2.75, 3.05) is 19.7 Å². The van der Waals surface area contributed by atoms with Crippen LogP contribution in [-0.4, -0.2) is 46.7 Å². The summed E-state index contributed by atoms with van der Waals surface area (Å²) < 4.78 is 0. The van der Waals surface area contributed by atoms with Gasteiger partial charge in [0.25, 0.3) is 0 Å². The molecular formula is C15H25NO4. The second-order valence-electron chi connectivity index (χ2n) is 6.27. The van der Waals surface area contributed by atoms with Crippen LogP contribution in [0.2, 0.25) is 0 Å². The first-order valence-corrected chi connectivity index (χ1v) is 7.69. The highest BCUT2D eigenvalue weighted by atomic mass is 16.4. The maximum absolute atomic E-state index is 12.6. The zero-order valence-electron chi connectivity index (χ0n) is 12.1. The van der Waals surface area contributed by atoms with Crippen LogP contribution in [0.5, 0.6) is 0 Å². The number of piperidine rings is 1. The second-order valence-corrected chi connectivity index (χ2v) is 6.27. The Balaban J connectivity index is 2.04. The Morgan fingerprint density at radius 3 is 2.50 bits per heavy atom. The average molecular weight is 283 g/mol. The number of likely N-dealkylation sites (tertiary alicyclic amines) is 1. The molecule has 20 heavy (non-hydrogen) atoms. The molecule has 0 aromatic carbocycles. The highest BCUT2D eigenvalue weighted by molar-refractivity contribution is 5.85. The molecule has 4 atom stereocenters. The van der Waals surface area contributed by atoms with Gasteiger partial charge >= 0.3 is 5.97 Å². The smallest absolute Gasteiger partial charge is 0.307 e. The number of carboxylic acids is 1. The lowest BCUT2D eigenvalue weighted by Gasteiger charge is -2.34. The number of amides is 1. The Morgan fingerprint density at radius 2 is 1.90 bits per heavy atom. The maximum Gasteiger partial charge on any atom is 0.307 e. The Kier molecular flexibility index (Phi) is 5.02. The number of hydrogen-bond acceptors (Lipinski definition) is 3. The van der Waals surface area contributed by atoms with Gasteiger partial charge in [-0.2, -0.15) is 0 Å². The van der Waals surface area contributed by atoms with Crippen LogP contribution >= 0.6 is 0 Å². The number of aliphatic hydroxyl groups is 1. The number of rotatable bonds is 4. The first-order valence-electron chi connectivity index (χ1n) is 7.69. The quantitative estimate of drug-likeness (QED) is 0.816. The molecule has 5 heteroatoms. The van der Waals surface area contributed by atoms with Gasteiger partial charge in [0.2, 0.25) is 5.91 Å². The number of carbonyl (C=O) groups is 2. The number of aliphatic hydroxyl groups excluding tert-OH is 1. The summed E-state index contributed by atoms with van der Waals surface area (Å²) in [6.07, 6.45) is 4.11. The molecule has 1 amide bonds. The van der Waals surface area contributed by atoms with Crippen molar-refractivity contribution in [3.8, 4) is 0 Å². The van der Waals surface area contributed by atoms with Crippen molar-refractivity contribution in [1.82, 2.24) is 4.90 Å². The van der Waals surface area contributed by atoms with Crippen LogP contribution in [-0.2, 0) is 9.59 Å². The lowest BCUT2D eigenvalue weighted by Crippen LogP contribution is -2.45. The van der Waals surface area contributed by atoms with Gasteiger partial charge < -0.3 is 15.1 Å². The van der Waals surface area contributed by atoms with Gasteiger partial charge in [-0.15, -0.1) is 0 Å². The minimum absolute atomic E-state index is 0.00787. The molecule has 1 saturated heterocycles. The molecule has 1 heterocycles. The molecule has 1 aliphatic heterocycles. The molecule has 1 saturated carbocycles. The van der Waals surface area contributed by atoms with Gasteiger partial charge in [0.1, 0.15) is 0 Å². The van der Waals surface area contributed by atoms with E-state index in [4.69, 9.17) is 0 Å². The Bertz CT molecular complexity index is 371. The van der Waals surface area contributed by atoms with Crippen molar-refractivity contribution in [1.29, 1.82) is 0 Å². The Labute approximate surface area is 120 Å². The van der Waals surface area contributed by atoms with Gasteiger partial charge in [-0.1, -0.05) is 13.3 Å². The second kappa shape index (κ2) is 6.57. The van der Waals surface area contributed by atoms with E-state index in [9.17, 15) is 19.8 Å². The molecule has 5 nitrogen and oxygen atoms in total. The van der Waals surface area contributed by atoms with E-state index in [1.54, 1.807) is 4.90 Å². The zero-order valence-corrected chi connectivity index (χ0v) is 12.1. The molecule has 2 fully saturated rings. The molecule has 4 unspecified atom stereocenters. The summed E-state index contributed by atoms with van der Waals surface area (Å²) in [6.45, 7) is 3.44. The Hall–Kier alpha value is -1.10. The number of hydrogen-bond donors (Lipinski definition) is 2. The van der Waals surface area contributed by atoms with E-state index in [-0.39, 0.29) is 24.3 Å². The minimum Gasteiger partial charge on any atom is -0.481 e. The predicted molar refractivity (Wildman–Crippen MR) is 74.0 cm³/mol. The van der Waals surface area contributed by atoms with E-state index < -0.39 is 11.9 Å². The molecular weight excluding hydrogens is 258 g/mol. The molecule has 0 spiro atoms. The van der Waals surface area contributed by atoms with Gasteiger partial charge in [-0.25, -0.2) is 0 Å². The van der Waals surface area contributed by atoms with Crippen LogP contribution in [0.4, 0.5) is 0 Å². The zero-order chi connectivity index (χ0) is 14.7. The van der Waals surface area contributed by atoms with Crippen LogP contribution < -0.4 is 0 Å². The summed E-state index contributed by atoms with van der Waals surface area (Å²) in [5.74, 6) is -1.24. The normalized spacial score (nSPS) is 34.2. The van der Waals surface area contributed by atoms with E-state index in [2.05, 4.69) is 6.92 Å². The standard InChI is InChI=1S/C15H25NO4/c1-2-10-6-12(13(7-10)15(19)20)14(18)16-5-3-4-11(8-16)9-17/h10-13,17H,2-9H2,1H3,(H,19,20). The third kappa shape index (κ3) is 3.14. The summed E-state index contributed by atoms with van der Waals surface area (Å²) in [7, 11) is 0. The summed E-state index contributed by atoms with van der Waals surface area (Å²) in [6, 6.07) is 0. The van der Waals surface area contributed by atoms with Crippen LogP contribution in [0.1, 0.15) is 39.0 Å². The van der Waals surface area contributed by atoms with Crippen molar-refractivity contribution in [3.63, 3.8) is 0 Å². The molecule has 2 aliphatic rings. The van der Waals surface area contributed by atoms with E-state index in [0.717, 1.165) is 19.3 Å². The largest absolute Gasteiger partial charge is 0.481 e. The van der Waals surface area contributed by atoms with Gasteiger partial charge in [0.05, 0.1) is 11.8 Å². The lowest BCUT2D eigenvalue weighted by molar-refractivity contribution is -0.150. The van der Waals surface area contributed by atoms with Crippen molar-refractivity contribution in [2.45, 2.75) is 39.0 Å². The first kappa shape index (κ1) is 15.3. The van der Waals surface area contributed by atoms with Gasteiger partial charge in [0, 0.05) is 19.7 Å². The third-order valence-corrected chi connectivity index (χ3v) is 4.96. The highest BCUT2D eigenvalue weighted by Crippen LogP contribution is 2.39. The number of carboxylic acid groups (broad SMARTS) is 1. The van der Waals surface area contributed by atoms with Crippen LogP contribution in [0, 0.1) is 23.7 Å². The summed E-state index contributed by atoms with van der Waals surface area (Å²) in [4.78, 5) is 25.8. The van der Waals surface area contributed by atoms with E-state index in [1.807, 2.05) is 0 Å². The summed E-state index contributed by atoms with van der Waals surface area (Å²) in [5.41, 5.74) is 0. The predicted octanol–water partition coefficient (Wildman–Crippen LogP) is 1.35. The fourth-order valence-electron chi connectivity index (χ4n) is 3.67. The van der Waals surface area contributed by atoms with Crippen molar-refractivity contribution < 1.29 is 19.8 Å². The molecule has 1 aliphatic carbocycles. The fourth-order valence-corrected chi connectivity index (χ4v) is 3.67. The monoisotopic (exact) mass is 283 g/mol. The van der Waals surface area contributed by atoms with Crippen molar-refractivity contribution in [2.24, 2.45) is 23.7 Å². The molecule has 2 N–H and O–H groups in total. The van der Waals surface area contributed by atoms with Crippen molar-refractivity contribution in [3.05, 3.63) is 0 Å². The topological polar surface area (TPSA) is 77.8 Å². The highest BCUT2D eigenvalue weighted by Gasteiger charge is 2.44. The summed E-state index contributed by atoms with van der Waals surface area (Å²) >= 11 is 0. The minimum atomic E-state index is -0.838. The number of aliphatic carboxylic acids is 1. The molecule has 2 rings (SSSR count). The molecule has 0 radical (unpaired) electrons. The van der Waals surface area contributed by atoms with Gasteiger partial charge in [-0.05, 0) is 37.5 Å². The van der Waals surface area contributed by atoms with E-state index >= 15 is 0 Å². The van der Waals surface area contributed by atoms with E-state index in [0.29, 0.717) is 31.8 Å². The molecule has 0 bridgehead atoms.